The zero-order chi connectivity index (χ0) is 23.6. The number of hydrogen-bond donors (Lipinski definition) is 1. The number of phenolic OH excluding ortho intramolecular Hbond substituents is 1. The number of aromatic hydroxyl groups is 1. The Balaban J connectivity index is 1.63. The highest BCUT2D eigenvalue weighted by Gasteiger charge is 2.20. The van der Waals surface area contributed by atoms with Crippen LogP contribution in [-0.4, -0.2) is 21.9 Å². The van der Waals surface area contributed by atoms with Gasteiger partial charge >= 0.3 is 0 Å². The molecule has 0 saturated heterocycles. The normalized spacial score (nSPS) is 11.8. The topological polar surface area (TPSA) is 97.7 Å². The Kier molecular flexibility index (Phi) is 5.92. The molecule has 4 aromatic rings. The zero-order valence-corrected chi connectivity index (χ0v) is 18.6. The van der Waals surface area contributed by atoms with Crippen LogP contribution in [0.15, 0.2) is 117 Å². The number of benzene rings is 4. The molecule has 4 aromatic carbocycles. The molecule has 0 spiro atoms. The first kappa shape index (κ1) is 22.5. The molecule has 0 radical (unpaired) electrons. The molecule has 0 heterocycles. The van der Waals surface area contributed by atoms with Crippen LogP contribution >= 0.6 is 0 Å². The van der Waals surface area contributed by atoms with Crippen molar-refractivity contribution in [1.29, 1.82) is 0 Å². The smallest absolute Gasteiger partial charge is 0.206 e. The summed E-state index contributed by atoms with van der Waals surface area (Å²) in [5.41, 5.74) is 0. The van der Waals surface area contributed by atoms with Crippen molar-refractivity contribution >= 4 is 19.7 Å². The van der Waals surface area contributed by atoms with E-state index in [0.717, 1.165) is 12.1 Å². The fourth-order valence-electron chi connectivity index (χ4n) is 3.06. The lowest BCUT2D eigenvalue weighted by Gasteiger charge is -2.10. The van der Waals surface area contributed by atoms with E-state index in [1.807, 2.05) is 0 Å². The largest absolute Gasteiger partial charge is 0.508 e. The highest BCUT2D eigenvalue weighted by molar-refractivity contribution is 7.91. The molecule has 0 saturated carbocycles. The number of halogens is 1. The van der Waals surface area contributed by atoms with Crippen molar-refractivity contribution in [2.45, 2.75) is 19.6 Å². The molecule has 0 aliphatic rings. The Labute approximate surface area is 190 Å². The van der Waals surface area contributed by atoms with Crippen molar-refractivity contribution in [3.63, 3.8) is 0 Å². The molecule has 0 aliphatic heterocycles. The second-order valence-corrected chi connectivity index (χ2v) is 10.9. The van der Waals surface area contributed by atoms with Gasteiger partial charge in [0.2, 0.25) is 19.7 Å². The maximum atomic E-state index is 13.2. The van der Waals surface area contributed by atoms with Gasteiger partial charge in [-0.05, 0) is 84.9 Å². The predicted octanol–water partition coefficient (Wildman–Crippen LogP) is 4.99. The molecular weight excluding hydrogens is 467 g/mol. The minimum absolute atomic E-state index is 0.00448. The van der Waals surface area contributed by atoms with Crippen LogP contribution in [0.3, 0.4) is 0 Å². The lowest BCUT2D eigenvalue weighted by molar-refractivity contribution is 0.474. The summed E-state index contributed by atoms with van der Waals surface area (Å²) in [5, 5.41) is 9.39. The summed E-state index contributed by atoms with van der Waals surface area (Å²) in [6.07, 6.45) is 0. The Morgan fingerprint density at radius 2 is 1.00 bits per heavy atom. The highest BCUT2D eigenvalue weighted by atomic mass is 32.2. The first-order valence-corrected chi connectivity index (χ1v) is 12.6. The summed E-state index contributed by atoms with van der Waals surface area (Å²) in [6, 6.07) is 21.1. The summed E-state index contributed by atoms with van der Waals surface area (Å²) in [5.74, 6) is -0.238. The van der Waals surface area contributed by atoms with Crippen LogP contribution in [0.1, 0.15) is 0 Å². The van der Waals surface area contributed by atoms with Gasteiger partial charge in [0.05, 0.1) is 19.6 Å². The van der Waals surface area contributed by atoms with Gasteiger partial charge in [0.1, 0.15) is 23.1 Å². The standard InChI is InChI=1S/C24H17FO6S2/c25-17-7-11-21(12-8-17)32(27,28)23-5-1-3-19(15-23)31-20-4-2-6-24(16-20)33(29,30)22-13-9-18(26)10-14-22/h1-16,26H. The molecule has 0 amide bonds. The van der Waals surface area contributed by atoms with E-state index in [2.05, 4.69) is 0 Å². The average molecular weight is 485 g/mol. The van der Waals surface area contributed by atoms with Crippen molar-refractivity contribution in [3.05, 3.63) is 103 Å². The third-order valence-electron chi connectivity index (χ3n) is 4.74. The number of sulfone groups is 2. The van der Waals surface area contributed by atoms with Gasteiger partial charge in [0.15, 0.2) is 0 Å². The molecule has 0 atom stereocenters. The quantitative estimate of drug-likeness (QED) is 0.387. The molecule has 168 valence electrons. The van der Waals surface area contributed by atoms with E-state index < -0.39 is 25.5 Å². The molecule has 1 N–H and O–H groups in total. The summed E-state index contributed by atoms with van der Waals surface area (Å²) in [7, 11) is -7.76. The second-order valence-electron chi connectivity index (χ2n) is 7.01. The van der Waals surface area contributed by atoms with E-state index in [4.69, 9.17) is 4.74 Å². The first-order valence-electron chi connectivity index (χ1n) is 9.59. The lowest BCUT2D eigenvalue weighted by atomic mass is 10.3. The van der Waals surface area contributed by atoms with E-state index in [1.54, 1.807) is 0 Å². The Morgan fingerprint density at radius 3 is 1.45 bits per heavy atom. The summed E-state index contributed by atoms with van der Waals surface area (Å²) in [4.78, 5) is -0.145. The molecule has 6 nitrogen and oxygen atoms in total. The monoisotopic (exact) mass is 484 g/mol. The summed E-state index contributed by atoms with van der Waals surface area (Å²) in [6.45, 7) is 0. The average Bonchev–Trinajstić information content (AvgIpc) is 2.80. The van der Waals surface area contributed by atoms with Gasteiger partial charge in [-0.3, -0.25) is 0 Å². The van der Waals surface area contributed by atoms with Crippen molar-refractivity contribution in [3.8, 4) is 17.2 Å². The van der Waals surface area contributed by atoms with Gasteiger partial charge < -0.3 is 9.84 Å². The molecule has 4 rings (SSSR count). The summed E-state index contributed by atoms with van der Waals surface area (Å²) >= 11 is 0. The number of phenols is 1. The highest BCUT2D eigenvalue weighted by Crippen LogP contribution is 2.30. The van der Waals surface area contributed by atoms with Gasteiger partial charge in [0.25, 0.3) is 0 Å². The van der Waals surface area contributed by atoms with Crippen LogP contribution in [0.5, 0.6) is 17.2 Å². The van der Waals surface area contributed by atoms with Gasteiger partial charge in [-0.1, -0.05) is 12.1 Å². The molecular formula is C24H17FO6S2. The van der Waals surface area contributed by atoms with Crippen molar-refractivity contribution in [1.82, 2.24) is 0 Å². The SMILES string of the molecule is O=S(=O)(c1ccc(O)cc1)c1cccc(Oc2cccc(S(=O)(=O)c3ccc(F)cc3)c2)c1. The van der Waals surface area contributed by atoms with Crippen molar-refractivity contribution in [2.24, 2.45) is 0 Å². The number of ether oxygens (including phenoxy) is 1. The minimum Gasteiger partial charge on any atom is -0.508 e. The second kappa shape index (κ2) is 8.68. The van der Waals surface area contributed by atoms with Gasteiger partial charge in [-0.2, -0.15) is 0 Å². The van der Waals surface area contributed by atoms with E-state index >= 15 is 0 Å². The van der Waals surface area contributed by atoms with Crippen LogP contribution in [0.2, 0.25) is 0 Å². The first-order chi connectivity index (χ1) is 15.7. The van der Waals surface area contributed by atoms with Crippen molar-refractivity contribution in [2.75, 3.05) is 0 Å². The molecule has 0 bridgehead atoms. The van der Waals surface area contributed by atoms with Crippen LogP contribution in [0.4, 0.5) is 4.39 Å². The van der Waals surface area contributed by atoms with Crippen LogP contribution in [0, 0.1) is 5.82 Å². The van der Waals surface area contributed by atoms with E-state index in [0.29, 0.717) is 0 Å². The fraction of sp³-hybridized carbons (Fsp3) is 0. The molecule has 0 aromatic heterocycles. The Morgan fingerprint density at radius 1 is 0.576 bits per heavy atom. The lowest BCUT2D eigenvalue weighted by Crippen LogP contribution is -2.03. The van der Waals surface area contributed by atoms with Gasteiger partial charge in [-0.25, -0.2) is 21.2 Å². The Hall–Kier alpha value is -3.69. The number of hydrogen-bond acceptors (Lipinski definition) is 6. The molecule has 0 aliphatic carbocycles. The third kappa shape index (κ3) is 4.74. The van der Waals surface area contributed by atoms with E-state index in [1.165, 1.54) is 84.9 Å². The van der Waals surface area contributed by atoms with E-state index in [-0.39, 0.29) is 36.8 Å². The molecule has 9 heteroatoms. The maximum absolute atomic E-state index is 13.2. The van der Waals surface area contributed by atoms with Gasteiger partial charge in [0, 0.05) is 0 Å². The van der Waals surface area contributed by atoms with Crippen LogP contribution in [-0.2, 0) is 19.7 Å². The molecule has 33 heavy (non-hydrogen) atoms. The maximum Gasteiger partial charge on any atom is 0.206 e. The minimum atomic E-state index is -3.90. The van der Waals surface area contributed by atoms with Crippen LogP contribution in [0.25, 0.3) is 0 Å². The van der Waals surface area contributed by atoms with Crippen molar-refractivity contribution < 1.29 is 31.1 Å². The molecule has 0 fully saturated rings. The van der Waals surface area contributed by atoms with Gasteiger partial charge in [-0.15, -0.1) is 0 Å². The Bertz CT molecular complexity index is 1400. The summed E-state index contributed by atoms with van der Waals surface area (Å²) < 4.78 is 70.3. The van der Waals surface area contributed by atoms with E-state index in [9.17, 15) is 26.3 Å². The fourth-order valence-corrected chi connectivity index (χ4v) is 5.65. The van der Waals surface area contributed by atoms with Crippen LogP contribution < -0.4 is 4.74 Å². The zero-order valence-electron chi connectivity index (χ0n) is 16.9. The molecule has 0 unspecified atom stereocenters. The predicted molar refractivity (Wildman–Crippen MR) is 118 cm³/mol. The third-order valence-corrected chi connectivity index (χ3v) is 8.27. The number of rotatable bonds is 6.